The molecule has 360 valence electrons. The zero-order chi connectivity index (χ0) is 45.8. The van der Waals surface area contributed by atoms with E-state index >= 15 is 0 Å². The maximum absolute atomic E-state index is 12.8. The van der Waals surface area contributed by atoms with Crippen molar-refractivity contribution in [2.45, 2.75) is 245 Å². The van der Waals surface area contributed by atoms with Crippen molar-refractivity contribution in [1.29, 1.82) is 0 Å². The molecule has 0 spiro atoms. The van der Waals surface area contributed by atoms with Crippen LogP contribution >= 0.6 is 0 Å². The van der Waals surface area contributed by atoms with Crippen LogP contribution in [-0.2, 0) is 28.6 Å². The molecule has 0 aliphatic carbocycles. The number of hydrogen-bond donors (Lipinski definition) is 0. The molecule has 0 N–H and O–H groups in total. The first-order chi connectivity index (χ1) is 31.0. The van der Waals surface area contributed by atoms with Crippen LogP contribution in [0.5, 0.6) is 0 Å². The highest BCUT2D eigenvalue weighted by Crippen LogP contribution is 2.13. The topological polar surface area (TPSA) is 78.9 Å². The van der Waals surface area contributed by atoms with E-state index in [1.807, 2.05) is 36.5 Å². The number of unbranched alkanes of at least 4 members (excludes halogenated alkanes) is 25. The summed E-state index contributed by atoms with van der Waals surface area (Å²) in [6, 6.07) is 0. The van der Waals surface area contributed by atoms with Crippen LogP contribution in [0.25, 0.3) is 0 Å². The Morgan fingerprint density at radius 2 is 0.635 bits per heavy atom. The minimum atomic E-state index is -0.807. The Bertz CT molecular complexity index is 1240. The molecule has 6 nitrogen and oxygen atoms in total. The van der Waals surface area contributed by atoms with Gasteiger partial charge in [-0.15, -0.1) is 0 Å². The second kappa shape index (κ2) is 51.2. The van der Waals surface area contributed by atoms with Gasteiger partial charge in [0.05, 0.1) is 0 Å². The number of carbonyl (C=O) groups is 3. The van der Waals surface area contributed by atoms with Gasteiger partial charge in [-0.05, 0) is 89.9 Å². The fourth-order valence-electron chi connectivity index (χ4n) is 7.03. The van der Waals surface area contributed by atoms with Crippen LogP contribution in [-0.4, -0.2) is 37.2 Å². The molecule has 0 aromatic carbocycles. The van der Waals surface area contributed by atoms with Gasteiger partial charge in [-0.2, -0.15) is 0 Å². The maximum Gasteiger partial charge on any atom is 0.306 e. The summed E-state index contributed by atoms with van der Waals surface area (Å²) in [6.45, 7) is 6.42. The van der Waals surface area contributed by atoms with Crippen LogP contribution in [0.15, 0.2) is 85.1 Å². The Labute approximate surface area is 388 Å². The third-order valence-corrected chi connectivity index (χ3v) is 11.0. The molecule has 0 heterocycles. The molecule has 0 fully saturated rings. The van der Waals surface area contributed by atoms with E-state index < -0.39 is 6.10 Å². The Balaban J connectivity index is 4.47. The maximum atomic E-state index is 12.8. The molecule has 0 saturated heterocycles. The second-order valence-corrected chi connectivity index (χ2v) is 17.2. The van der Waals surface area contributed by atoms with Crippen LogP contribution in [0.1, 0.15) is 239 Å². The Morgan fingerprint density at radius 1 is 0.333 bits per heavy atom. The number of carbonyl (C=O) groups excluding carboxylic acids is 3. The normalized spacial score (nSPS) is 12.7. The molecule has 0 rings (SSSR count). The molecular formula is C57H96O6. The lowest BCUT2D eigenvalue weighted by Crippen LogP contribution is -2.30. The minimum absolute atomic E-state index is 0.104. The second-order valence-electron chi connectivity index (χ2n) is 17.2. The minimum Gasteiger partial charge on any atom is -0.462 e. The van der Waals surface area contributed by atoms with Gasteiger partial charge in [0.1, 0.15) is 13.2 Å². The quantitative estimate of drug-likeness (QED) is 0.0199. The average molecular weight is 877 g/mol. The molecule has 0 saturated carbocycles. The van der Waals surface area contributed by atoms with Crippen molar-refractivity contribution in [1.82, 2.24) is 0 Å². The van der Waals surface area contributed by atoms with E-state index in [1.54, 1.807) is 0 Å². The summed E-state index contributed by atoms with van der Waals surface area (Å²) in [5.74, 6) is -0.975. The Kier molecular flexibility index (Phi) is 48.5. The van der Waals surface area contributed by atoms with Gasteiger partial charge in [0.2, 0.25) is 0 Å². The molecule has 1 atom stereocenters. The SMILES string of the molecule is CC\C=C/C=C\C=C/C=C\CCCCCC(=O)OCC(COC(=O)CCCCCCC/C=C\C=C/CCCCCCCCC)OC(=O)CCCCC/C=C\CCCCCCCCC. The lowest BCUT2D eigenvalue weighted by atomic mass is 10.1. The summed E-state index contributed by atoms with van der Waals surface area (Å²) >= 11 is 0. The zero-order valence-electron chi connectivity index (χ0n) is 41.1. The standard InChI is InChI=1S/C57H96O6/c1-4-7-10-13-16-19-22-25-27-28-29-30-33-35-38-41-44-47-50-56(59)62-53-54(52-61-55(58)49-46-43-40-37-34-31-24-21-18-15-12-9-6-3)63-57(60)51-48-45-42-39-36-32-26-23-20-17-14-11-8-5-2/h9,12,15,18,21,24,27-32,34,36,54H,4-8,10-11,13-14,16-17,19-20,22-23,25-26,33,35,37-53H2,1-3H3/b12-9-,18-15-,24-21-,28-27-,30-29-,34-31-,36-32-. The highest BCUT2D eigenvalue weighted by molar-refractivity contribution is 5.71. The van der Waals surface area contributed by atoms with Gasteiger partial charge in [-0.25, -0.2) is 0 Å². The van der Waals surface area contributed by atoms with Gasteiger partial charge in [0.15, 0.2) is 6.10 Å². The molecule has 0 aliphatic rings. The highest BCUT2D eigenvalue weighted by Gasteiger charge is 2.19. The molecule has 0 aromatic heterocycles. The van der Waals surface area contributed by atoms with Crippen LogP contribution in [0.4, 0.5) is 0 Å². The van der Waals surface area contributed by atoms with Crippen LogP contribution in [0.2, 0.25) is 0 Å². The summed E-state index contributed by atoms with van der Waals surface area (Å²) < 4.78 is 16.7. The Hall–Kier alpha value is -3.41. The Morgan fingerprint density at radius 3 is 1.05 bits per heavy atom. The van der Waals surface area contributed by atoms with E-state index in [0.717, 1.165) is 103 Å². The van der Waals surface area contributed by atoms with Gasteiger partial charge in [0.25, 0.3) is 0 Å². The molecule has 1 unspecified atom stereocenters. The number of allylic oxidation sites excluding steroid dienone is 14. The number of ether oxygens (including phenoxy) is 3. The van der Waals surface area contributed by atoms with Gasteiger partial charge in [-0.1, -0.05) is 215 Å². The summed E-state index contributed by atoms with van der Waals surface area (Å²) in [6.07, 6.45) is 65.7. The molecule has 0 radical (unpaired) electrons. The molecule has 6 heteroatoms. The van der Waals surface area contributed by atoms with Crippen molar-refractivity contribution in [3.05, 3.63) is 85.1 Å². The highest BCUT2D eigenvalue weighted by atomic mass is 16.6. The number of esters is 3. The summed E-state index contributed by atoms with van der Waals surface area (Å²) in [5.41, 5.74) is 0. The molecule has 0 aliphatic heterocycles. The predicted octanol–water partition coefficient (Wildman–Crippen LogP) is 17.2. The molecule has 0 bridgehead atoms. The van der Waals surface area contributed by atoms with Crippen LogP contribution in [0, 0.1) is 0 Å². The van der Waals surface area contributed by atoms with E-state index in [0.29, 0.717) is 19.3 Å². The summed E-state index contributed by atoms with van der Waals surface area (Å²) in [5, 5.41) is 0. The van der Waals surface area contributed by atoms with Crippen molar-refractivity contribution in [3.8, 4) is 0 Å². The van der Waals surface area contributed by atoms with E-state index in [2.05, 4.69) is 69.4 Å². The van der Waals surface area contributed by atoms with Crippen molar-refractivity contribution in [2.24, 2.45) is 0 Å². The van der Waals surface area contributed by atoms with Crippen molar-refractivity contribution >= 4 is 17.9 Å². The predicted molar refractivity (Wildman–Crippen MR) is 270 cm³/mol. The van der Waals surface area contributed by atoms with Gasteiger partial charge < -0.3 is 14.2 Å². The largest absolute Gasteiger partial charge is 0.462 e. The van der Waals surface area contributed by atoms with Crippen LogP contribution < -0.4 is 0 Å². The first kappa shape index (κ1) is 59.6. The number of rotatable bonds is 46. The zero-order valence-corrected chi connectivity index (χ0v) is 41.1. The number of hydrogen-bond acceptors (Lipinski definition) is 6. The van der Waals surface area contributed by atoms with Gasteiger partial charge in [0, 0.05) is 19.3 Å². The van der Waals surface area contributed by atoms with E-state index in [1.165, 1.54) is 96.3 Å². The van der Waals surface area contributed by atoms with E-state index in [4.69, 9.17) is 14.2 Å². The molecular weight excluding hydrogens is 781 g/mol. The van der Waals surface area contributed by atoms with E-state index in [-0.39, 0.29) is 31.1 Å². The fourth-order valence-corrected chi connectivity index (χ4v) is 7.03. The first-order valence-corrected chi connectivity index (χ1v) is 26.2. The van der Waals surface area contributed by atoms with Gasteiger partial charge in [-0.3, -0.25) is 14.4 Å². The lowest BCUT2D eigenvalue weighted by Gasteiger charge is -2.18. The van der Waals surface area contributed by atoms with Gasteiger partial charge >= 0.3 is 17.9 Å². The third-order valence-electron chi connectivity index (χ3n) is 11.0. The lowest BCUT2D eigenvalue weighted by molar-refractivity contribution is -0.167. The average Bonchev–Trinajstić information content (AvgIpc) is 3.28. The van der Waals surface area contributed by atoms with Crippen LogP contribution in [0.3, 0.4) is 0 Å². The monoisotopic (exact) mass is 877 g/mol. The van der Waals surface area contributed by atoms with Crippen molar-refractivity contribution in [3.63, 3.8) is 0 Å². The summed E-state index contributed by atoms with van der Waals surface area (Å²) in [7, 11) is 0. The van der Waals surface area contributed by atoms with Crippen molar-refractivity contribution < 1.29 is 28.6 Å². The molecule has 0 aromatic rings. The van der Waals surface area contributed by atoms with Crippen molar-refractivity contribution in [2.75, 3.05) is 13.2 Å². The third kappa shape index (κ3) is 49.5. The first-order valence-electron chi connectivity index (χ1n) is 26.2. The molecule has 0 amide bonds. The molecule has 63 heavy (non-hydrogen) atoms. The van der Waals surface area contributed by atoms with E-state index in [9.17, 15) is 14.4 Å². The smallest absolute Gasteiger partial charge is 0.306 e. The fraction of sp³-hybridized carbons (Fsp3) is 0.702. The summed E-state index contributed by atoms with van der Waals surface area (Å²) in [4.78, 5) is 38.0.